The quantitative estimate of drug-likeness (QED) is 0.0261. The minimum absolute atomic E-state index is 0.0745. The molecule has 0 aromatic carbocycles. The molecule has 0 saturated heterocycles. The van der Waals surface area contributed by atoms with E-state index in [4.69, 9.17) is 14.2 Å². The molecule has 0 radical (unpaired) electrons. The second kappa shape index (κ2) is 71.3. The Bertz CT molecular complexity index is 1520. The molecule has 0 aromatic rings. The third-order valence-corrected chi connectivity index (χ3v) is 16.2. The minimum Gasteiger partial charge on any atom is -0.462 e. The van der Waals surface area contributed by atoms with Crippen LogP contribution >= 0.6 is 0 Å². The highest BCUT2D eigenvalue weighted by atomic mass is 16.6. The Morgan fingerprint density at radius 3 is 0.735 bits per heavy atom. The topological polar surface area (TPSA) is 78.9 Å². The van der Waals surface area contributed by atoms with Crippen molar-refractivity contribution in [2.75, 3.05) is 13.2 Å². The summed E-state index contributed by atoms with van der Waals surface area (Å²) in [6.07, 6.45) is 93.5. The third-order valence-electron chi connectivity index (χ3n) is 16.2. The molecule has 0 spiro atoms. The first-order valence-corrected chi connectivity index (χ1v) is 36.4. The lowest BCUT2D eigenvalue weighted by Gasteiger charge is -2.18. The summed E-state index contributed by atoms with van der Waals surface area (Å²) in [6.45, 7) is 6.58. The lowest BCUT2D eigenvalue weighted by Crippen LogP contribution is -2.30. The smallest absolute Gasteiger partial charge is 0.306 e. The van der Waals surface area contributed by atoms with Crippen molar-refractivity contribution >= 4 is 17.9 Å². The molecule has 0 rings (SSSR count). The second-order valence-electron chi connectivity index (χ2n) is 24.5. The fourth-order valence-electron chi connectivity index (χ4n) is 10.8. The molecular formula is C77H138O6. The van der Waals surface area contributed by atoms with Crippen molar-refractivity contribution in [3.63, 3.8) is 0 Å². The van der Waals surface area contributed by atoms with Crippen LogP contribution in [0.4, 0.5) is 0 Å². The van der Waals surface area contributed by atoms with Gasteiger partial charge in [0.2, 0.25) is 0 Å². The van der Waals surface area contributed by atoms with Gasteiger partial charge in [0.05, 0.1) is 0 Å². The summed E-state index contributed by atoms with van der Waals surface area (Å²) in [5.41, 5.74) is 0. The summed E-state index contributed by atoms with van der Waals surface area (Å²) in [7, 11) is 0. The van der Waals surface area contributed by atoms with Crippen molar-refractivity contribution in [2.24, 2.45) is 0 Å². The van der Waals surface area contributed by atoms with Crippen molar-refractivity contribution in [2.45, 2.75) is 386 Å². The molecule has 482 valence electrons. The van der Waals surface area contributed by atoms with Crippen LogP contribution in [-0.4, -0.2) is 37.2 Å². The van der Waals surface area contributed by atoms with Crippen molar-refractivity contribution in [3.05, 3.63) is 72.9 Å². The molecule has 0 saturated carbocycles. The Morgan fingerprint density at radius 1 is 0.253 bits per heavy atom. The molecule has 1 unspecified atom stereocenters. The highest BCUT2D eigenvalue weighted by Gasteiger charge is 2.19. The monoisotopic (exact) mass is 1160 g/mol. The zero-order chi connectivity index (χ0) is 59.9. The number of hydrogen-bond acceptors (Lipinski definition) is 6. The Balaban J connectivity index is 4.34. The fourth-order valence-corrected chi connectivity index (χ4v) is 10.8. The number of unbranched alkanes of at least 4 members (excludes halogenated alkanes) is 44. The van der Waals surface area contributed by atoms with E-state index in [2.05, 4.69) is 93.7 Å². The zero-order valence-corrected chi connectivity index (χ0v) is 55.5. The standard InChI is InChI=1S/C77H138O6/c1-4-7-10-13-16-19-22-25-28-31-34-36-37-38-39-41-43-46-49-52-55-58-61-64-67-70-76(79)82-73-74(72-81-75(78)69-66-63-60-57-54-51-48-45-42-33-30-27-24-21-18-15-12-9-6-3)83-77(80)71-68-65-62-59-56-53-50-47-44-40-35-32-29-26-23-20-17-14-11-8-5-2/h8,11,17,20,22,25-26,29,31,34-35,40,74H,4-7,9-10,12-16,18-19,21,23-24,27-28,30,32-33,36-39,41-73H2,1-3H3/b11-8-,20-17-,25-22-,29-26-,34-31-,40-35-. The van der Waals surface area contributed by atoms with E-state index in [-0.39, 0.29) is 31.1 Å². The van der Waals surface area contributed by atoms with Gasteiger partial charge in [0, 0.05) is 19.3 Å². The lowest BCUT2D eigenvalue weighted by atomic mass is 10.0. The van der Waals surface area contributed by atoms with E-state index in [0.717, 1.165) is 96.3 Å². The average Bonchev–Trinajstić information content (AvgIpc) is 3.50. The van der Waals surface area contributed by atoms with Gasteiger partial charge in [-0.3, -0.25) is 14.4 Å². The number of esters is 3. The molecule has 0 aliphatic rings. The predicted molar refractivity (Wildman–Crippen MR) is 362 cm³/mol. The number of allylic oxidation sites excluding steroid dienone is 12. The fraction of sp³-hybridized carbons (Fsp3) is 0.805. The lowest BCUT2D eigenvalue weighted by molar-refractivity contribution is -0.167. The van der Waals surface area contributed by atoms with Crippen LogP contribution in [0.25, 0.3) is 0 Å². The minimum atomic E-state index is -0.781. The number of carbonyl (C=O) groups is 3. The molecule has 0 amide bonds. The Hall–Kier alpha value is -3.15. The number of hydrogen-bond donors (Lipinski definition) is 0. The summed E-state index contributed by atoms with van der Waals surface area (Å²) < 4.78 is 17.0. The van der Waals surface area contributed by atoms with E-state index in [1.54, 1.807) is 0 Å². The molecule has 0 heterocycles. The van der Waals surface area contributed by atoms with Gasteiger partial charge in [0.15, 0.2) is 6.10 Å². The third kappa shape index (κ3) is 69.5. The van der Waals surface area contributed by atoms with E-state index in [0.29, 0.717) is 19.3 Å². The molecule has 0 fully saturated rings. The van der Waals surface area contributed by atoms with Crippen LogP contribution in [0, 0.1) is 0 Å². The molecule has 1 atom stereocenters. The summed E-state index contributed by atoms with van der Waals surface area (Å²) in [5, 5.41) is 0. The first-order chi connectivity index (χ1) is 41.0. The maximum absolute atomic E-state index is 13.0. The van der Waals surface area contributed by atoms with E-state index in [1.165, 1.54) is 244 Å². The van der Waals surface area contributed by atoms with Gasteiger partial charge in [-0.25, -0.2) is 0 Å². The van der Waals surface area contributed by atoms with E-state index in [9.17, 15) is 14.4 Å². The van der Waals surface area contributed by atoms with E-state index < -0.39 is 6.10 Å². The van der Waals surface area contributed by atoms with Gasteiger partial charge in [0.25, 0.3) is 0 Å². The van der Waals surface area contributed by atoms with Gasteiger partial charge in [-0.2, -0.15) is 0 Å². The molecule has 0 aliphatic carbocycles. The van der Waals surface area contributed by atoms with Crippen LogP contribution < -0.4 is 0 Å². The summed E-state index contributed by atoms with van der Waals surface area (Å²) >= 11 is 0. The van der Waals surface area contributed by atoms with Gasteiger partial charge in [-0.15, -0.1) is 0 Å². The molecule has 83 heavy (non-hydrogen) atoms. The van der Waals surface area contributed by atoms with Crippen LogP contribution in [0.2, 0.25) is 0 Å². The van der Waals surface area contributed by atoms with Crippen LogP contribution in [0.5, 0.6) is 0 Å². The molecule has 0 N–H and O–H groups in total. The summed E-state index contributed by atoms with van der Waals surface area (Å²) in [5.74, 6) is -0.858. The molecule has 0 aromatic heterocycles. The highest BCUT2D eigenvalue weighted by molar-refractivity contribution is 5.71. The number of rotatable bonds is 67. The van der Waals surface area contributed by atoms with Gasteiger partial charge < -0.3 is 14.2 Å². The SMILES string of the molecule is CC/C=C\C/C=C\C/C=C\C/C=C\CCCCCCCCCCC(=O)OC(COC(=O)CCCCCCCCCCCCCCC/C=C\C/C=C\CCCCCCC)COC(=O)CCCCCCCCCCCCCCCCCCCCC. The van der Waals surface area contributed by atoms with Gasteiger partial charge in [0.1, 0.15) is 13.2 Å². The van der Waals surface area contributed by atoms with Crippen molar-refractivity contribution in [1.82, 2.24) is 0 Å². The highest BCUT2D eigenvalue weighted by Crippen LogP contribution is 2.18. The molecule has 6 heteroatoms. The van der Waals surface area contributed by atoms with Crippen LogP contribution in [0.3, 0.4) is 0 Å². The summed E-state index contributed by atoms with van der Waals surface area (Å²) in [4.78, 5) is 38.5. The average molecular weight is 1160 g/mol. The Labute approximate surface area is 516 Å². The number of carbonyl (C=O) groups excluding carboxylic acids is 3. The van der Waals surface area contributed by atoms with Crippen LogP contribution in [-0.2, 0) is 28.6 Å². The molecule has 6 nitrogen and oxygen atoms in total. The molecule has 0 bridgehead atoms. The van der Waals surface area contributed by atoms with Gasteiger partial charge in [-0.05, 0) is 89.9 Å². The zero-order valence-electron chi connectivity index (χ0n) is 55.5. The maximum atomic E-state index is 13.0. The Morgan fingerprint density at radius 2 is 0.470 bits per heavy atom. The Kier molecular flexibility index (Phi) is 68.6. The predicted octanol–water partition coefficient (Wildman–Crippen LogP) is 25.2. The van der Waals surface area contributed by atoms with Gasteiger partial charge in [-0.1, -0.05) is 344 Å². The normalized spacial score (nSPS) is 12.5. The largest absolute Gasteiger partial charge is 0.462 e. The van der Waals surface area contributed by atoms with Crippen molar-refractivity contribution < 1.29 is 28.6 Å². The maximum Gasteiger partial charge on any atom is 0.306 e. The molecular weight excluding hydrogens is 1020 g/mol. The molecule has 0 aliphatic heterocycles. The van der Waals surface area contributed by atoms with Crippen molar-refractivity contribution in [1.29, 1.82) is 0 Å². The van der Waals surface area contributed by atoms with E-state index in [1.807, 2.05) is 0 Å². The first-order valence-electron chi connectivity index (χ1n) is 36.4. The van der Waals surface area contributed by atoms with Crippen LogP contribution in [0.1, 0.15) is 380 Å². The second-order valence-corrected chi connectivity index (χ2v) is 24.5. The van der Waals surface area contributed by atoms with Crippen molar-refractivity contribution in [3.8, 4) is 0 Å². The summed E-state index contributed by atoms with van der Waals surface area (Å²) in [6, 6.07) is 0. The van der Waals surface area contributed by atoms with Gasteiger partial charge >= 0.3 is 17.9 Å². The van der Waals surface area contributed by atoms with Crippen LogP contribution in [0.15, 0.2) is 72.9 Å². The van der Waals surface area contributed by atoms with E-state index >= 15 is 0 Å². The first kappa shape index (κ1) is 79.8. The number of ether oxygens (including phenoxy) is 3.